The van der Waals surface area contributed by atoms with Gasteiger partial charge >= 0.3 is 0 Å². The maximum atomic E-state index is 9.58. The molecule has 0 bridgehead atoms. The van der Waals surface area contributed by atoms with E-state index in [-0.39, 0.29) is 6.61 Å². The fraction of sp³-hybridized carbons (Fsp3) is 0.176. The number of halogens is 1. The zero-order valence-electron chi connectivity index (χ0n) is 12.4. The lowest BCUT2D eigenvalue weighted by atomic mass is 10.1. The Labute approximate surface area is 138 Å². The van der Waals surface area contributed by atoms with E-state index < -0.39 is 6.10 Å². The average molecular weight is 331 g/mol. The summed E-state index contributed by atoms with van der Waals surface area (Å²) in [4.78, 5) is 4.29. The zero-order chi connectivity index (χ0) is 16.2. The van der Waals surface area contributed by atoms with E-state index in [4.69, 9.17) is 20.9 Å². The second-order valence-corrected chi connectivity index (χ2v) is 5.50. The molecule has 3 rings (SSSR count). The van der Waals surface area contributed by atoms with Crippen molar-refractivity contribution in [1.29, 1.82) is 0 Å². The smallest absolute Gasteiger partial charge is 0.258 e. The lowest BCUT2D eigenvalue weighted by Gasteiger charge is -2.07. The van der Waals surface area contributed by atoms with Crippen molar-refractivity contribution in [1.82, 2.24) is 10.1 Å². The predicted molar refractivity (Wildman–Crippen MR) is 86.2 cm³/mol. The van der Waals surface area contributed by atoms with Gasteiger partial charge in [-0.2, -0.15) is 4.98 Å². The molecule has 0 aliphatic rings. The van der Waals surface area contributed by atoms with Crippen LogP contribution in [0.2, 0.25) is 5.02 Å². The summed E-state index contributed by atoms with van der Waals surface area (Å²) in [6.07, 6.45) is -0.541. The Kier molecular flexibility index (Phi) is 4.60. The second kappa shape index (κ2) is 6.81. The minimum Gasteiger partial charge on any atom is -0.485 e. The fourth-order valence-corrected chi connectivity index (χ4v) is 2.16. The molecule has 1 aromatic heterocycles. The third-order valence-electron chi connectivity index (χ3n) is 3.27. The summed E-state index contributed by atoms with van der Waals surface area (Å²) in [5, 5.41) is 14.1. The largest absolute Gasteiger partial charge is 0.485 e. The highest BCUT2D eigenvalue weighted by molar-refractivity contribution is 6.30. The molecule has 0 aliphatic carbocycles. The minimum atomic E-state index is -0.541. The summed E-state index contributed by atoms with van der Waals surface area (Å²) in [6, 6.07) is 14.4. The standard InChI is InChI=1S/C17H15ClN2O3/c1-11(21)13-3-2-4-15(9-13)22-10-16-19-17(23-20-16)12-5-7-14(18)8-6-12/h2-9,11,21H,10H2,1H3. The Hall–Kier alpha value is -2.37. The number of hydrogen-bond donors (Lipinski definition) is 1. The van der Waals surface area contributed by atoms with Crippen LogP contribution in [0.3, 0.4) is 0 Å². The Morgan fingerprint density at radius 1 is 1.22 bits per heavy atom. The first-order valence-corrected chi connectivity index (χ1v) is 7.49. The van der Waals surface area contributed by atoms with Gasteiger partial charge in [-0.3, -0.25) is 0 Å². The molecule has 0 fully saturated rings. The Morgan fingerprint density at radius 3 is 2.74 bits per heavy atom. The molecule has 6 heteroatoms. The van der Waals surface area contributed by atoms with Crippen molar-refractivity contribution < 1.29 is 14.4 Å². The molecule has 2 aromatic carbocycles. The number of nitrogens with zero attached hydrogens (tertiary/aromatic N) is 2. The number of aliphatic hydroxyl groups is 1. The number of aliphatic hydroxyl groups excluding tert-OH is 1. The van der Waals surface area contributed by atoms with E-state index in [1.165, 1.54) is 0 Å². The Bertz CT molecular complexity index is 785. The topological polar surface area (TPSA) is 68.4 Å². The molecule has 1 N–H and O–H groups in total. The van der Waals surface area contributed by atoms with E-state index in [1.807, 2.05) is 30.3 Å². The van der Waals surface area contributed by atoms with Crippen molar-refractivity contribution in [2.45, 2.75) is 19.6 Å². The summed E-state index contributed by atoms with van der Waals surface area (Å²) in [5.41, 5.74) is 1.58. The molecule has 0 spiro atoms. The maximum absolute atomic E-state index is 9.58. The lowest BCUT2D eigenvalue weighted by Crippen LogP contribution is -1.99. The van der Waals surface area contributed by atoms with Crippen LogP contribution in [0.4, 0.5) is 0 Å². The summed E-state index contributed by atoms with van der Waals surface area (Å²) in [6.45, 7) is 1.89. The molecular formula is C17H15ClN2O3. The monoisotopic (exact) mass is 330 g/mol. The van der Waals surface area contributed by atoms with Crippen LogP contribution in [0.25, 0.3) is 11.5 Å². The summed E-state index contributed by atoms with van der Waals surface area (Å²) in [5.74, 6) is 1.50. The van der Waals surface area contributed by atoms with Crippen molar-refractivity contribution in [2.24, 2.45) is 0 Å². The number of benzene rings is 2. The van der Waals surface area contributed by atoms with Gasteiger partial charge in [-0.1, -0.05) is 28.9 Å². The molecule has 0 saturated carbocycles. The van der Waals surface area contributed by atoms with Gasteiger partial charge in [0.15, 0.2) is 6.61 Å². The van der Waals surface area contributed by atoms with E-state index in [0.717, 1.165) is 11.1 Å². The third kappa shape index (κ3) is 3.88. The second-order valence-electron chi connectivity index (χ2n) is 5.06. The maximum Gasteiger partial charge on any atom is 0.258 e. The van der Waals surface area contributed by atoms with E-state index in [9.17, 15) is 5.11 Å². The van der Waals surface area contributed by atoms with Gasteiger partial charge in [-0.15, -0.1) is 0 Å². The first-order chi connectivity index (χ1) is 11.1. The number of aromatic nitrogens is 2. The van der Waals surface area contributed by atoms with Crippen molar-refractivity contribution in [3.8, 4) is 17.2 Å². The molecule has 0 amide bonds. The highest BCUT2D eigenvalue weighted by Gasteiger charge is 2.10. The van der Waals surface area contributed by atoms with Crippen LogP contribution in [0.1, 0.15) is 24.4 Å². The summed E-state index contributed by atoms with van der Waals surface area (Å²) >= 11 is 5.85. The van der Waals surface area contributed by atoms with Gasteiger partial charge in [0.2, 0.25) is 5.82 Å². The van der Waals surface area contributed by atoms with Gasteiger partial charge in [-0.25, -0.2) is 0 Å². The third-order valence-corrected chi connectivity index (χ3v) is 3.52. The van der Waals surface area contributed by atoms with Gasteiger partial charge in [0.25, 0.3) is 5.89 Å². The van der Waals surface area contributed by atoms with Crippen molar-refractivity contribution in [3.05, 3.63) is 64.9 Å². The van der Waals surface area contributed by atoms with Crippen LogP contribution in [0.15, 0.2) is 53.1 Å². The van der Waals surface area contributed by atoms with Gasteiger partial charge in [0, 0.05) is 10.6 Å². The lowest BCUT2D eigenvalue weighted by molar-refractivity contribution is 0.198. The average Bonchev–Trinajstić information content (AvgIpc) is 3.03. The zero-order valence-corrected chi connectivity index (χ0v) is 13.2. The molecule has 0 radical (unpaired) electrons. The number of ether oxygens (including phenoxy) is 1. The molecule has 5 nitrogen and oxygen atoms in total. The highest BCUT2D eigenvalue weighted by atomic mass is 35.5. The number of hydrogen-bond acceptors (Lipinski definition) is 5. The minimum absolute atomic E-state index is 0.181. The molecule has 0 aliphatic heterocycles. The van der Waals surface area contributed by atoms with Crippen molar-refractivity contribution in [3.63, 3.8) is 0 Å². The molecular weight excluding hydrogens is 316 g/mol. The molecule has 23 heavy (non-hydrogen) atoms. The van der Waals surface area contributed by atoms with Crippen molar-refractivity contribution >= 4 is 11.6 Å². The SMILES string of the molecule is CC(O)c1cccc(OCc2noc(-c3ccc(Cl)cc3)n2)c1. The van der Waals surface area contributed by atoms with E-state index >= 15 is 0 Å². The molecule has 1 atom stereocenters. The first kappa shape index (κ1) is 15.5. The first-order valence-electron chi connectivity index (χ1n) is 7.11. The molecule has 0 saturated heterocycles. The fourth-order valence-electron chi connectivity index (χ4n) is 2.03. The molecule has 118 valence electrons. The van der Waals surface area contributed by atoms with Crippen LogP contribution >= 0.6 is 11.6 Å². The Balaban J connectivity index is 1.67. The molecule has 1 heterocycles. The summed E-state index contributed by atoms with van der Waals surface area (Å²) < 4.78 is 10.9. The number of rotatable bonds is 5. The summed E-state index contributed by atoms with van der Waals surface area (Å²) in [7, 11) is 0. The van der Waals surface area contributed by atoms with E-state index in [1.54, 1.807) is 25.1 Å². The van der Waals surface area contributed by atoms with Crippen LogP contribution in [0.5, 0.6) is 5.75 Å². The van der Waals surface area contributed by atoms with Gasteiger partial charge < -0.3 is 14.4 Å². The Morgan fingerprint density at radius 2 is 2.00 bits per heavy atom. The van der Waals surface area contributed by atoms with Gasteiger partial charge in [0.1, 0.15) is 5.75 Å². The van der Waals surface area contributed by atoms with Crippen LogP contribution < -0.4 is 4.74 Å². The van der Waals surface area contributed by atoms with Gasteiger partial charge in [0.05, 0.1) is 6.10 Å². The normalized spacial score (nSPS) is 12.1. The van der Waals surface area contributed by atoms with E-state index in [2.05, 4.69) is 10.1 Å². The van der Waals surface area contributed by atoms with Crippen LogP contribution in [-0.4, -0.2) is 15.2 Å². The quantitative estimate of drug-likeness (QED) is 0.765. The molecule has 3 aromatic rings. The molecule has 1 unspecified atom stereocenters. The van der Waals surface area contributed by atoms with Crippen LogP contribution in [-0.2, 0) is 6.61 Å². The van der Waals surface area contributed by atoms with Crippen molar-refractivity contribution in [2.75, 3.05) is 0 Å². The van der Waals surface area contributed by atoms with E-state index in [0.29, 0.717) is 22.5 Å². The van der Waals surface area contributed by atoms with Crippen LogP contribution in [0, 0.1) is 0 Å². The highest BCUT2D eigenvalue weighted by Crippen LogP contribution is 2.21. The predicted octanol–water partition coefficient (Wildman–Crippen LogP) is 4.02. The van der Waals surface area contributed by atoms with Gasteiger partial charge in [-0.05, 0) is 48.9 Å².